The molecule has 0 aliphatic carbocycles. The molecule has 0 aliphatic rings. The number of rotatable bonds is 2. The van der Waals surface area contributed by atoms with Gasteiger partial charge in [-0.3, -0.25) is 0 Å². The molecule has 22 heavy (non-hydrogen) atoms. The molecular weight excluding hydrogens is 282 g/mol. The van der Waals surface area contributed by atoms with E-state index >= 15 is 0 Å². The third-order valence-corrected chi connectivity index (χ3v) is 3.82. The highest BCUT2D eigenvalue weighted by atomic mass is 16.5. The third kappa shape index (κ3) is 1.70. The Bertz CT molecular complexity index is 949. The van der Waals surface area contributed by atoms with E-state index in [1.807, 2.05) is 32.9 Å². The van der Waals surface area contributed by atoms with Crippen LogP contribution in [0.4, 0.5) is 0 Å². The van der Waals surface area contributed by atoms with Crippen LogP contribution in [-0.4, -0.2) is 10.1 Å². The summed E-state index contributed by atoms with van der Waals surface area (Å²) in [4.78, 5) is 4.34. The first-order valence-corrected chi connectivity index (χ1v) is 7.04. The number of aromatic nitrogens is 2. The lowest BCUT2D eigenvalue weighted by molar-refractivity contribution is 0.380. The fourth-order valence-corrected chi connectivity index (χ4v) is 2.86. The second-order valence-electron chi connectivity index (χ2n) is 5.42. The zero-order valence-corrected chi connectivity index (χ0v) is 12.6. The SMILES string of the molecule is Cc1cc2c(-c3noc(CN)n3)c3oc(C)cc3c(C)c2o1. The summed E-state index contributed by atoms with van der Waals surface area (Å²) < 4.78 is 16.9. The van der Waals surface area contributed by atoms with Gasteiger partial charge in [-0.25, -0.2) is 0 Å². The zero-order chi connectivity index (χ0) is 15.4. The summed E-state index contributed by atoms with van der Waals surface area (Å²) >= 11 is 0. The Kier molecular flexibility index (Phi) is 2.65. The fraction of sp³-hybridized carbons (Fsp3) is 0.250. The normalized spacial score (nSPS) is 11.8. The Morgan fingerprint density at radius 3 is 2.36 bits per heavy atom. The van der Waals surface area contributed by atoms with E-state index in [9.17, 15) is 0 Å². The van der Waals surface area contributed by atoms with Gasteiger partial charge in [0.05, 0.1) is 12.1 Å². The molecule has 0 amide bonds. The third-order valence-electron chi connectivity index (χ3n) is 3.82. The maximum absolute atomic E-state index is 5.90. The Labute approximate surface area is 125 Å². The van der Waals surface area contributed by atoms with Gasteiger partial charge in [-0.1, -0.05) is 5.16 Å². The van der Waals surface area contributed by atoms with Crippen LogP contribution in [0.3, 0.4) is 0 Å². The lowest BCUT2D eigenvalue weighted by Crippen LogP contribution is -1.95. The number of hydrogen-bond donors (Lipinski definition) is 1. The highest BCUT2D eigenvalue weighted by Gasteiger charge is 2.22. The quantitative estimate of drug-likeness (QED) is 0.607. The summed E-state index contributed by atoms with van der Waals surface area (Å²) in [7, 11) is 0. The minimum atomic E-state index is 0.201. The zero-order valence-electron chi connectivity index (χ0n) is 12.6. The number of fused-ring (bicyclic) bond motifs is 2. The van der Waals surface area contributed by atoms with Crippen LogP contribution in [-0.2, 0) is 6.54 Å². The minimum Gasteiger partial charge on any atom is -0.461 e. The van der Waals surface area contributed by atoms with Gasteiger partial charge in [0, 0.05) is 16.3 Å². The Morgan fingerprint density at radius 1 is 1.00 bits per heavy atom. The number of hydrogen-bond acceptors (Lipinski definition) is 6. The van der Waals surface area contributed by atoms with Crippen molar-refractivity contribution in [3.05, 3.63) is 35.1 Å². The highest BCUT2D eigenvalue weighted by molar-refractivity contribution is 6.10. The molecule has 0 saturated heterocycles. The van der Waals surface area contributed by atoms with Crippen molar-refractivity contribution in [3.63, 3.8) is 0 Å². The average Bonchev–Trinajstić information content (AvgIpc) is 3.17. The van der Waals surface area contributed by atoms with E-state index in [1.165, 1.54) is 0 Å². The molecule has 0 aliphatic heterocycles. The van der Waals surface area contributed by atoms with Crippen molar-refractivity contribution in [3.8, 4) is 11.4 Å². The van der Waals surface area contributed by atoms with E-state index in [2.05, 4.69) is 10.1 Å². The molecule has 6 heteroatoms. The molecule has 2 N–H and O–H groups in total. The van der Waals surface area contributed by atoms with Crippen LogP contribution in [0.1, 0.15) is 23.0 Å². The van der Waals surface area contributed by atoms with Gasteiger partial charge in [0.2, 0.25) is 11.7 Å². The first-order valence-electron chi connectivity index (χ1n) is 7.04. The van der Waals surface area contributed by atoms with Gasteiger partial charge < -0.3 is 19.1 Å². The van der Waals surface area contributed by atoms with E-state index in [1.54, 1.807) is 0 Å². The molecule has 4 aromatic rings. The minimum absolute atomic E-state index is 0.201. The van der Waals surface area contributed by atoms with Crippen LogP contribution in [0.15, 0.2) is 25.5 Å². The summed E-state index contributed by atoms with van der Waals surface area (Å²) in [5.74, 6) is 2.50. The molecule has 0 spiro atoms. The summed E-state index contributed by atoms with van der Waals surface area (Å²) in [6.07, 6.45) is 0. The first-order chi connectivity index (χ1) is 10.6. The molecule has 0 radical (unpaired) electrons. The standard InChI is InChI=1S/C16H15N3O3/c1-7-4-10-9(3)14-11(5-8(2)20-14)13(15(10)21-7)16-18-12(6-17)22-19-16/h4-5H,6,17H2,1-3H3. The molecule has 112 valence electrons. The molecule has 4 rings (SSSR count). The van der Waals surface area contributed by atoms with Crippen LogP contribution in [0.25, 0.3) is 33.3 Å². The smallest absolute Gasteiger partial charge is 0.240 e. The van der Waals surface area contributed by atoms with E-state index < -0.39 is 0 Å². The molecule has 6 nitrogen and oxygen atoms in total. The summed E-state index contributed by atoms with van der Waals surface area (Å²) in [5.41, 5.74) is 8.95. The van der Waals surface area contributed by atoms with Gasteiger partial charge >= 0.3 is 0 Å². The maximum Gasteiger partial charge on any atom is 0.240 e. The molecule has 0 saturated carbocycles. The van der Waals surface area contributed by atoms with Gasteiger partial charge in [0.15, 0.2) is 0 Å². The molecule has 0 bridgehead atoms. The molecular formula is C16H15N3O3. The van der Waals surface area contributed by atoms with Crippen LogP contribution >= 0.6 is 0 Å². The van der Waals surface area contributed by atoms with Gasteiger partial charge in [0.1, 0.15) is 22.7 Å². The largest absolute Gasteiger partial charge is 0.461 e. The summed E-state index contributed by atoms with van der Waals surface area (Å²) in [6, 6.07) is 3.96. The van der Waals surface area contributed by atoms with E-state index in [0.29, 0.717) is 11.7 Å². The predicted octanol–water partition coefficient (Wildman–Crippen LogP) is 3.61. The van der Waals surface area contributed by atoms with Crippen LogP contribution in [0.5, 0.6) is 0 Å². The fourth-order valence-electron chi connectivity index (χ4n) is 2.86. The molecule has 1 aromatic carbocycles. The van der Waals surface area contributed by atoms with Crippen molar-refractivity contribution in [2.24, 2.45) is 5.73 Å². The van der Waals surface area contributed by atoms with E-state index in [0.717, 1.165) is 44.6 Å². The van der Waals surface area contributed by atoms with Crippen molar-refractivity contribution in [1.29, 1.82) is 0 Å². The second kappa shape index (κ2) is 4.45. The van der Waals surface area contributed by atoms with Crippen molar-refractivity contribution in [2.45, 2.75) is 27.3 Å². The first kappa shape index (κ1) is 13.1. The van der Waals surface area contributed by atoms with Gasteiger partial charge in [0.25, 0.3) is 0 Å². The number of nitrogens with two attached hydrogens (primary N) is 1. The van der Waals surface area contributed by atoms with Crippen LogP contribution in [0.2, 0.25) is 0 Å². The average molecular weight is 297 g/mol. The van der Waals surface area contributed by atoms with Crippen molar-refractivity contribution in [1.82, 2.24) is 10.1 Å². The number of benzene rings is 1. The Hall–Kier alpha value is -2.60. The Morgan fingerprint density at radius 2 is 1.68 bits per heavy atom. The Balaban J connectivity index is 2.18. The van der Waals surface area contributed by atoms with Crippen molar-refractivity contribution >= 4 is 21.9 Å². The van der Waals surface area contributed by atoms with Crippen LogP contribution < -0.4 is 5.73 Å². The molecule has 0 unspecified atom stereocenters. The topological polar surface area (TPSA) is 91.2 Å². The molecule has 3 aromatic heterocycles. The number of furan rings is 2. The second-order valence-corrected chi connectivity index (χ2v) is 5.42. The summed E-state index contributed by atoms with van der Waals surface area (Å²) in [5, 5.41) is 5.95. The van der Waals surface area contributed by atoms with E-state index in [-0.39, 0.29) is 6.54 Å². The van der Waals surface area contributed by atoms with Gasteiger partial charge in [-0.05, 0) is 32.9 Å². The monoisotopic (exact) mass is 297 g/mol. The van der Waals surface area contributed by atoms with Crippen molar-refractivity contribution < 1.29 is 13.4 Å². The van der Waals surface area contributed by atoms with Gasteiger partial charge in [-0.2, -0.15) is 4.98 Å². The summed E-state index contributed by atoms with van der Waals surface area (Å²) in [6.45, 7) is 6.05. The van der Waals surface area contributed by atoms with Gasteiger partial charge in [-0.15, -0.1) is 0 Å². The van der Waals surface area contributed by atoms with E-state index in [4.69, 9.17) is 19.1 Å². The number of nitrogens with zero attached hydrogens (tertiary/aromatic N) is 2. The molecule has 3 heterocycles. The van der Waals surface area contributed by atoms with Crippen LogP contribution in [0, 0.1) is 20.8 Å². The van der Waals surface area contributed by atoms with Crippen molar-refractivity contribution in [2.75, 3.05) is 0 Å². The number of aryl methyl sites for hydroxylation is 3. The lowest BCUT2D eigenvalue weighted by atomic mass is 10.0. The lowest BCUT2D eigenvalue weighted by Gasteiger charge is -2.03. The highest BCUT2D eigenvalue weighted by Crippen LogP contribution is 2.40. The predicted molar refractivity (Wildman–Crippen MR) is 81.4 cm³/mol. The molecule has 0 atom stereocenters. The molecule has 0 fully saturated rings. The maximum atomic E-state index is 5.90.